The largest absolute Gasteiger partial charge is 0.496 e. The van der Waals surface area contributed by atoms with Gasteiger partial charge in [0.1, 0.15) is 5.75 Å². The maximum Gasteiger partial charge on any atom is 0.224 e. The number of unbranched alkanes of at least 4 members (excludes halogenated alkanes) is 13. The van der Waals surface area contributed by atoms with Crippen molar-refractivity contribution in [2.45, 2.75) is 103 Å². The van der Waals surface area contributed by atoms with Crippen molar-refractivity contribution in [3.63, 3.8) is 0 Å². The van der Waals surface area contributed by atoms with Gasteiger partial charge in [-0.15, -0.1) is 0 Å². The maximum atomic E-state index is 12.5. The number of amides is 1. The van der Waals surface area contributed by atoms with E-state index in [2.05, 4.69) is 40.3 Å². The van der Waals surface area contributed by atoms with Crippen LogP contribution in [0.15, 0.2) is 34.8 Å². The fourth-order valence-electron chi connectivity index (χ4n) is 4.49. The van der Waals surface area contributed by atoms with Gasteiger partial charge in [0.2, 0.25) is 5.91 Å². The average molecular weight is 519 g/mol. The lowest BCUT2D eigenvalue weighted by molar-refractivity contribution is -0.120. The lowest BCUT2D eigenvalue weighted by Gasteiger charge is -2.13. The Morgan fingerprint density at radius 1 is 0.818 bits per heavy atom. The summed E-state index contributed by atoms with van der Waals surface area (Å²) >= 11 is 3.52. The van der Waals surface area contributed by atoms with Gasteiger partial charge in [-0.1, -0.05) is 118 Å². The van der Waals surface area contributed by atoms with Crippen LogP contribution in [0.4, 0.5) is 0 Å². The van der Waals surface area contributed by atoms with Crippen molar-refractivity contribution in [2.75, 3.05) is 13.7 Å². The Labute approximate surface area is 210 Å². The minimum Gasteiger partial charge on any atom is -0.496 e. The van der Waals surface area contributed by atoms with Gasteiger partial charge in [0.25, 0.3) is 0 Å². The first-order valence-corrected chi connectivity index (χ1v) is 14.0. The molecule has 0 aliphatic rings. The summed E-state index contributed by atoms with van der Waals surface area (Å²) in [6.07, 6.45) is 19.2. The number of hydrogen-bond donors (Lipinski definition) is 1. The van der Waals surface area contributed by atoms with Crippen LogP contribution in [0.5, 0.6) is 5.75 Å². The van der Waals surface area contributed by atoms with E-state index in [-0.39, 0.29) is 5.91 Å². The third-order valence-electron chi connectivity index (χ3n) is 6.46. The van der Waals surface area contributed by atoms with Crippen LogP contribution in [0.25, 0.3) is 10.8 Å². The molecule has 4 heteroatoms. The molecule has 0 aliphatic carbocycles. The van der Waals surface area contributed by atoms with Crippen molar-refractivity contribution in [3.8, 4) is 5.75 Å². The Bertz CT molecular complexity index is 821. The zero-order valence-electron chi connectivity index (χ0n) is 20.9. The standard InChI is InChI=1S/C29H44BrNO2/c1-3-4-5-6-7-8-9-10-11-12-13-14-15-16-21-31-29(32)23-27-26-19-18-25(30)22-24(26)17-20-28(27)33-2/h17-20,22H,3-16,21,23H2,1-2H3,(H,31,32). The van der Waals surface area contributed by atoms with Crippen molar-refractivity contribution < 1.29 is 9.53 Å². The van der Waals surface area contributed by atoms with E-state index in [9.17, 15) is 4.79 Å². The average Bonchev–Trinajstić information content (AvgIpc) is 2.81. The molecule has 0 aromatic heterocycles. The van der Waals surface area contributed by atoms with Gasteiger partial charge in [-0.25, -0.2) is 0 Å². The zero-order chi connectivity index (χ0) is 23.7. The Balaban J connectivity index is 1.54. The number of benzene rings is 2. The van der Waals surface area contributed by atoms with Crippen LogP contribution in [-0.2, 0) is 11.2 Å². The molecule has 33 heavy (non-hydrogen) atoms. The fraction of sp³-hybridized carbons (Fsp3) is 0.621. The Morgan fingerprint density at radius 2 is 1.39 bits per heavy atom. The quantitative estimate of drug-likeness (QED) is 0.200. The second-order valence-corrected chi connectivity index (χ2v) is 10.2. The minimum absolute atomic E-state index is 0.0680. The highest BCUT2D eigenvalue weighted by Gasteiger charge is 2.13. The summed E-state index contributed by atoms with van der Waals surface area (Å²) in [6, 6.07) is 10.1. The highest BCUT2D eigenvalue weighted by atomic mass is 79.9. The monoisotopic (exact) mass is 517 g/mol. The highest BCUT2D eigenvalue weighted by Crippen LogP contribution is 2.30. The molecule has 0 radical (unpaired) electrons. The van der Waals surface area contributed by atoms with Gasteiger partial charge in [-0.05, 0) is 35.4 Å². The van der Waals surface area contributed by atoms with E-state index in [0.29, 0.717) is 6.42 Å². The molecule has 0 aliphatic heterocycles. The molecular weight excluding hydrogens is 474 g/mol. The molecule has 2 rings (SSSR count). The van der Waals surface area contributed by atoms with Crippen LogP contribution in [-0.4, -0.2) is 19.6 Å². The molecular formula is C29H44BrNO2. The molecule has 0 spiro atoms. The van der Waals surface area contributed by atoms with Crippen LogP contribution >= 0.6 is 15.9 Å². The Kier molecular flexibility index (Phi) is 14.2. The summed E-state index contributed by atoms with van der Waals surface area (Å²) in [5.74, 6) is 0.842. The van der Waals surface area contributed by atoms with Gasteiger partial charge in [-0.2, -0.15) is 0 Å². The van der Waals surface area contributed by atoms with Crippen molar-refractivity contribution in [3.05, 3.63) is 40.4 Å². The number of hydrogen-bond acceptors (Lipinski definition) is 2. The molecule has 2 aromatic rings. The molecule has 1 amide bonds. The number of halogens is 1. The number of fused-ring (bicyclic) bond motifs is 1. The molecule has 0 fully saturated rings. The molecule has 0 unspecified atom stereocenters. The van der Waals surface area contributed by atoms with E-state index in [0.717, 1.165) is 39.5 Å². The summed E-state index contributed by atoms with van der Waals surface area (Å²) < 4.78 is 6.56. The molecule has 0 heterocycles. The van der Waals surface area contributed by atoms with E-state index >= 15 is 0 Å². The van der Waals surface area contributed by atoms with Gasteiger partial charge >= 0.3 is 0 Å². The normalized spacial score (nSPS) is 11.1. The van der Waals surface area contributed by atoms with E-state index in [1.807, 2.05) is 18.2 Å². The van der Waals surface area contributed by atoms with E-state index in [1.54, 1.807) is 7.11 Å². The summed E-state index contributed by atoms with van der Waals surface area (Å²) in [7, 11) is 1.66. The number of methoxy groups -OCH3 is 1. The topological polar surface area (TPSA) is 38.3 Å². The fourth-order valence-corrected chi connectivity index (χ4v) is 4.87. The SMILES string of the molecule is CCCCCCCCCCCCCCCCNC(=O)Cc1c(OC)ccc2cc(Br)ccc12. The molecule has 1 N–H and O–H groups in total. The first kappa shape index (κ1) is 27.7. The summed E-state index contributed by atoms with van der Waals surface area (Å²) in [5, 5.41) is 5.28. The van der Waals surface area contributed by atoms with Crippen LogP contribution in [0.1, 0.15) is 102 Å². The van der Waals surface area contributed by atoms with Crippen molar-refractivity contribution in [1.82, 2.24) is 5.32 Å². The zero-order valence-corrected chi connectivity index (χ0v) is 22.5. The Morgan fingerprint density at radius 3 is 1.97 bits per heavy atom. The predicted octanol–water partition coefficient (Wildman–Crippen LogP) is 8.75. The number of carbonyl (C=O) groups is 1. The van der Waals surface area contributed by atoms with Crippen molar-refractivity contribution >= 4 is 32.6 Å². The first-order chi connectivity index (χ1) is 16.2. The van der Waals surface area contributed by atoms with Crippen LogP contribution in [0, 0.1) is 0 Å². The first-order valence-electron chi connectivity index (χ1n) is 13.2. The summed E-state index contributed by atoms with van der Waals surface area (Å²) in [4.78, 5) is 12.5. The number of carbonyl (C=O) groups excluding carboxylic acids is 1. The van der Waals surface area contributed by atoms with E-state index < -0.39 is 0 Å². The van der Waals surface area contributed by atoms with E-state index in [4.69, 9.17) is 4.74 Å². The molecule has 2 aromatic carbocycles. The van der Waals surface area contributed by atoms with Gasteiger partial charge in [0.15, 0.2) is 0 Å². The van der Waals surface area contributed by atoms with Gasteiger partial charge < -0.3 is 10.1 Å². The third kappa shape index (κ3) is 10.9. The molecule has 184 valence electrons. The van der Waals surface area contributed by atoms with Gasteiger partial charge in [-0.3, -0.25) is 4.79 Å². The maximum absolute atomic E-state index is 12.5. The molecule has 3 nitrogen and oxygen atoms in total. The second-order valence-electron chi connectivity index (χ2n) is 9.23. The third-order valence-corrected chi connectivity index (χ3v) is 6.95. The molecule has 0 atom stereocenters. The van der Waals surface area contributed by atoms with Crippen LogP contribution in [0.3, 0.4) is 0 Å². The molecule has 0 saturated heterocycles. The number of ether oxygens (including phenoxy) is 1. The number of nitrogens with one attached hydrogen (secondary N) is 1. The van der Waals surface area contributed by atoms with E-state index in [1.165, 1.54) is 83.5 Å². The molecule has 0 saturated carbocycles. The van der Waals surface area contributed by atoms with Crippen LogP contribution < -0.4 is 10.1 Å². The summed E-state index contributed by atoms with van der Waals surface area (Å²) in [6.45, 7) is 3.04. The lowest BCUT2D eigenvalue weighted by atomic mass is 10.0. The summed E-state index contributed by atoms with van der Waals surface area (Å²) in [5.41, 5.74) is 0.959. The van der Waals surface area contributed by atoms with Crippen LogP contribution in [0.2, 0.25) is 0 Å². The van der Waals surface area contributed by atoms with Crippen molar-refractivity contribution in [1.29, 1.82) is 0 Å². The lowest BCUT2D eigenvalue weighted by Crippen LogP contribution is -2.26. The minimum atomic E-state index is 0.0680. The second kappa shape index (κ2) is 17.0. The smallest absolute Gasteiger partial charge is 0.224 e. The number of rotatable bonds is 18. The molecule has 0 bridgehead atoms. The van der Waals surface area contributed by atoms with Crippen molar-refractivity contribution in [2.24, 2.45) is 0 Å². The predicted molar refractivity (Wildman–Crippen MR) is 145 cm³/mol. The van der Waals surface area contributed by atoms with Gasteiger partial charge in [0, 0.05) is 16.6 Å². The highest BCUT2D eigenvalue weighted by molar-refractivity contribution is 9.10. The Hall–Kier alpha value is -1.55. The van der Waals surface area contributed by atoms with Gasteiger partial charge in [0.05, 0.1) is 13.5 Å².